The fourth-order valence-corrected chi connectivity index (χ4v) is 3.45. The third-order valence-electron chi connectivity index (χ3n) is 4.24. The van der Waals surface area contributed by atoms with Crippen LogP contribution in [0.2, 0.25) is 0 Å². The van der Waals surface area contributed by atoms with Gasteiger partial charge in [0.25, 0.3) is 0 Å². The molecule has 3 nitrogen and oxygen atoms in total. The van der Waals surface area contributed by atoms with Gasteiger partial charge in [0.2, 0.25) is 0 Å². The van der Waals surface area contributed by atoms with E-state index in [1.54, 1.807) is 0 Å². The Bertz CT molecular complexity index is 434. The maximum absolute atomic E-state index is 6.13. The summed E-state index contributed by atoms with van der Waals surface area (Å²) in [5.41, 5.74) is 0.0499. The van der Waals surface area contributed by atoms with Crippen LogP contribution < -0.4 is 4.74 Å². The molecular formula is C17H25NO2. The van der Waals surface area contributed by atoms with E-state index in [2.05, 4.69) is 18.7 Å². The highest BCUT2D eigenvalue weighted by molar-refractivity contribution is 5.21. The molecule has 0 aliphatic carbocycles. The van der Waals surface area contributed by atoms with Crippen molar-refractivity contribution in [1.29, 1.82) is 0 Å². The molecular weight excluding hydrogens is 250 g/mol. The second-order valence-electron chi connectivity index (χ2n) is 6.63. The molecule has 2 heterocycles. The quantitative estimate of drug-likeness (QED) is 0.843. The highest BCUT2D eigenvalue weighted by Gasteiger charge is 2.46. The molecule has 2 aliphatic heterocycles. The molecule has 0 bridgehead atoms. The van der Waals surface area contributed by atoms with E-state index in [4.69, 9.17) is 9.47 Å². The summed E-state index contributed by atoms with van der Waals surface area (Å²) >= 11 is 0. The molecule has 1 spiro atoms. The maximum Gasteiger partial charge on any atom is 0.125 e. The van der Waals surface area contributed by atoms with Gasteiger partial charge < -0.3 is 14.4 Å². The van der Waals surface area contributed by atoms with Gasteiger partial charge in [-0.15, -0.1) is 0 Å². The van der Waals surface area contributed by atoms with Crippen molar-refractivity contribution in [3.05, 3.63) is 30.3 Å². The second kappa shape index (κ2) is 5.74. The molecule has 3 heteroatoms. The van der Waals surface area contributed by atoms with Crippen molar-refractivity contribution in [2.45, 2.75) is 38.4 Å². The summed E-state index contributed by atoms with van der Waals surface area (Å²) in [6.07, 6.45) is 2.38. The molecule has 1 aromatic rings. The average molecular weight is 275 g/mol. The summed E-state index contributed by atoms with van der Waals surface area (Å²) in [6, 6.07) is 10.1. The van der Waals surface area contributed by atoms with Gasteiger partial charge >= 0.3 is 0 Å². The van der Waals surface area contributed by atoms with Crippen molar-refractivity contribution >= 4 is 0 Å². The van der Waals surface area contributed by atoms with Crippen molar-refractivity contribution in [2.75, 3.05) is 26.2 Å². The van der Waals surface area contributed by atoms with E-state index in [-0.39, 0.29) is 11.7 Å². The zero-order chi connectivity index (χ0) is 14.0. The summed E-state index contributed by atoms with van der Waals surface area (Å²) in [5.74, 6) is 1.68. The van der Waals surface area contributed by atoms with Crippen molar-refractivity contribution in [1.82, 2.24) is 4.90 Å². The van der Waals surface area contributed by atoms with Crippen molar-refractivity contribution < 1.29 is 9.47 Å². The Labute approximate surface area is 121 Å². The van der Waals surface area contributed by atoms with Gasteiger partial charge in [-0.05, 0) is 24.5 Å². The molecule has 3 rings (SSSR count). The minimum atomic E-state index is 0.0499. The molecule has 2 fully saturated rings. The molecule has 0 radical (unpaired) electrons. The summed E-state index contributed by atoms with van der Waals surface area (Å²) in [7, 11) is 0. The minimum Gasteiger partial charge on any atom is -0.488 e. The Morgan fingerprint density at radius 3 is 2.90 bits per heavy atom. The van der Waals surface area contributed by atoms with Gasteiger partial charge in [-0.3, -0.25) is 0 Å². The topological polar surface area (TPSA) is 21.7 Å². The molecule has 2 saturated heterocycles. The van der Waals surface area contributed by atoms with Crippen LogP contribution in [0.4, 0.5) is 0 Å². The van der Waals surface area contributed by atoms with Gasteiger partial charge in [0.1, 0.15) is 11.9 Å². The summed E-state index contributed by atoms with van der Waals surface area (Å²) in [4.78, 5) is 2.54. The molecule has 0 amide bonds. The van der Waals surface area contributed by atoms with Crippen LogP contribution in [0.3, 0.4) is 0 Å². The zero-order valence-corrected chi connectivity index (χ0v) is 12.5. The highest BCUT2D eigenvalue weighted by Crippen LogP contribution is 2.36. The Kier molecular flexibility index (Phi) is 3.99. The number of hydrogen-bond acceptors (Lipinski definition) is 3. The molecule has 0 saturated carbocycles. The first kappa shape index (κ1) is 13.9. The van der Waals surface area contributed by atoms with Gasteiger partial charge in [-0.1, -0.05) is 32.0 Å². The predicted molar refractivity (Wildman–Crippen MR) is 80.1 cm³/mol. The number of nitrogens with zero attached hydrogens (tertiary/aromatic N) is 1. The molecule has 2 aliphatic rings. The van der Waals surface area contributed by atoms with E-state index < -0.39 is 0 Å². The zero-order valence-electron chi connectivity index (χ0n) is 12.5. The lowest BCUT2D eigenvalue weighted by molar-refractivity contribution is 0.00920. The smallest absolute Gasteiger partial charge is 0.125 e. The van der Waals surface area contributed by atoms with Crippen LogP contribution in [0.5, 0.6) is 5.75 Å². The van der Waals surface area contributed by atoms with E-state index >= 15 is 0 Å². The number of benzene rings is 1. The number of rotatable bonds is 4. The van der Waals surface area contributed by atoms with E-state index in [1.165, 1.54) is 6.54 Å². The maximum atomic E-state index is 6.13. The lowest BCUT2D eigenvalue weighted by Crippen LogP contribution is -2.34. The van der Waals surface area contributed by atoms with E-state index in [1.807, 2.05) is 30.3 Å². The van der Waals surface area contributed by atoms with Gasteiger partial charge in [0.15, 0.2) is 0 Å². The van der Waals surface area contributed by atoms with E-state index in [0.717, 1.165) is 44.2 Å². The van der Waals surface area contributed by atoms with Crippen LogP contribution in [0.25, 0.3) is 0 Å². The molecule has 0 aromatic heterocycles. The number of para-hydroxylation sites is 1. The van der Waals surface area contributed by atoms with Gasteiger partial charge in [-0.2, -0.15) is 0 Å². The summed E-state index contributed by atoms with van der Waals surface area (Å²) in [5, 5.41) is 0. The number of ether oxygens (including phenoxy) is 2. The fourth-order valence-electron chi connectivity index (χ4n) is 3.45. The molecule has 110 valence electrons. The van der Waals surface area contributed by atoms with Crippen LogP contribution in [0.1, 0.15) is 26.7 Å². The lowest BCUT2D eigenvalue weighted by atomic mass is 9.98. The number of hydrogen-bond donors (Lipinski definition) is 0. The van der Waals surface area contributed by atoms with E-state index in [9.17, 15) is 0 Å². The summed E-state index contributed by atoms with van der Waals surface area (Å²) in [6.45, 7) is 8.69. The number of likely N-dealkylation sites (tertiary alicyclic amines) is 1. The Balaban J connectivity index is 1.55. The monoisotopic (exact) mass is 275 g/mol. The van der Waals surface area contributed by atoms with Crippen LogP contribution in [-0.2, 0) is 4.74 Å². The first-order chi connectivity index (χ1) is 9.65. The Morgan fingerprint density at radius 1 is 1.35 bits per heavy atom. The Morgan fingerprint density at radius 2 is 2.15 bits per heavy atom. The van der Waals surface area contributed by atoms with Crippen LogP contribution in [-0.4, -0.2) is 42.8 Å². The first-order valence-corrected chi connectivity index (χ1v) is 7.73. The van der Waals surface area contributed by atoms with E-state index in [0.29, 0.717) is 0 Å². The fraction of sp³-hybridized carbons (Fsp3) is 0.647. The molecule has 0 N–H and O–H groups in total. The summed E-state index contributed by atoms with van der Waals surface area (Å²) < 4.78 is 12.2. The van der Waals surface area contributed by atoms with Gasteiger partial charge in [0, 0.05) is 26.1 Å². The third kappa shape index (κ3) is 3.15. The van der Waals surface area contributed by atoms with Crippen molar-refractivity contribution in [3.8, 4) is 5.75 Å². The predicted octanol–water partition coefficient (Wildman–Crippen LogP) is 2.95. The van der Waals surface area contributed by atoms with Crippen molar-refractivity contribution in [3.63, 3.8) is 0 Å². The average Bonchev–Trinajstić information content (AvgIpc) is 2.98. The molecule has 20 heavy (non-hydrogen) atoms. The van der Waals surface area contributed by atoms with Crippen LogP contribution in [0, 0.1) is 5.92 Å². The normalized spacial score (nSPS) is 30.4. The van der Waals surface area contributed by atoms with Crippen LogP contribution >= 0.6 is 0 Å². The second-order valence-corrected chi connectivity index (χ2v) is 6.63. The Hall–Kier alpha value is -1.06. The first-order valence-electron chi connectivity index (χ1n) is 7.73. The molecule has 2 atom stereocenters. The van der Waals surface area contributed by atoms with Crippen LogP contribution in [0.15, 0.2) is 30.3 Å². The largest absolute Gasteiger partial charge is 0.488 e. The molecule has 1 aromatic carbocycles. The van der Waals surface area contributed by atoms with Gasteiger partial charge in [0.05, 0.1) is 12.2 Å². The molecule has 2 unspecified atom stereocenters. The SMILES string of the molecule is CC(C)CN1CCC2(CC(Oc3ccccc3)CO2)C1. The lowest BCUT2D eigenvalue weighted by Gasteiger charge is -2.24. The van der Waals surface area contributed by atoms with Crippen molar-refractivity contribution in [2.24, 2.45) is 5.92 Å². The standard InChI is InChI=1S/C17H25NO2/c1-14(2)11-18-9-8-17(13-18)10-16(12-19-17)20-15-6-4-3-5-7-15/h3-7,14,16H,8-13H2,1-2H3. The minimum absolute atomic E-state index is 0.0499. The third-order valence-corrected chi connectivity index (χ3v) is 4.24. The highest BCUT2D eigenvalue weighted by atomic mass is 16.6. The van der Waals surface area contributed by atoms with Gasteiger partial charge in [-0.25, -0.2) is 0 Å².